The monoisotopic (exact) mass is 242 g/mol. The third-order valence-corrected chi connectivity index (χ3v) is 4.19. The fourth-order valence-corrected chi connectivity index (χ4v) is 2.97. The molecule has 0 atom stereocenters. The van der Waals surface area contributed by atoms with Gasteiger partial charge in [-0.15, -0.1) is 0 Å². The molecule has 18 heavy (non-hydrogen) atoms. The van der Waals surface area contributed by atoms with E-state index in [9.17, 15) is 0 Å². The van der Waals surface area contributed by atoms with Crippen LogP contribution in [0.5, 0.6) is 0 Å². The number of aromatic amines is 1. The van der Waals surface area contributed by atoms with Gasteiger partial charge in [-0.25, -0.2) is 9.97 Å². The molecule has 2 fully saturated rings. The summed E-state index contributed by atoms with van der Waals surface area (Å²) < 4.78 is 0. The number of nitrogens with one attached hydrogen (secondary N) is 2. The highest BCUT2D eigenvalue weighted by Gasteiger charge is 2.28. The topological polar surface area (TPSA) is 53.6 Å². The van der Waals surface area contributed by atoms with Crippen molar-refractivity contribution in [1.29, 1.82) is 0 Å². The summed E-state index contributed by atoms with van der Waals surface area (Å²) in [6.07, 6.45) is 6.91. The molecular weight excluding hydrogens is 224 g/mol. The van der Waals surface area contributed by atoms with Gasteiger partial charge < -0.3 is 10.3 Å². The summed E-state index contributed by atoms with van der Waals surface area (Å²) in [5, 5.41) is 3.42. The number of hydrogen-bond acceptors (Lipinski definition) is 3. The van der Waals surface area contributed by atoms with Gasteiger partial charge in [0, 0.05) is 12.1 Å². The second kappa shape index (κ2) is 4.05. The average Bonchev–Trinajstić information content (AvgIpc) is 3.18. The van der Waals surface area contributed by atoms with E-state index in [1.807, 2.05) is 6.20 Å². The zero-order chi connectivity index (χ0) is 11.9. The van der Waals surface area contributed by atoms with Crippen LogP contribution < -0.4 is 5.32 Å². The van der Waals surface area contributed by atoms with Gasteiger partial charge in [0.25, 0.3) is 0 Å². The molecule has 2 aromatic heterocycles. The quantitative estimate of drug-likeness (QED) is 0.849. The minimum Gasteiger partial charge on any atom is -0.340 e. The lowest BCUT2D eigenvalue weighted by molar-refractivity contribution is 0.462. The van der Waals surface area contributed by atoms with Crippen molar-refractivity contribution in [3.05, 3.63) is 23.7 Å². The molecule has 0 amide bonds. The summed E-state index contributed by atoms with van der Waals surface area (Å²) in [7, 11) is 0. The number of hydrogen-bond donors (Lipinski definition) is 2. The maximum atomic E-state index is 4.65. The average molecular weight is 242 g/mol. The Labute approximate surface area is 106 Å². The van der Waals surface area contributed by atoms with Gasteiger partial charge in [0.05, 0.1) is 5.52 Å². The van der Waals surface area contributed by atoms with Crippen molar-refractivity contribution in [2.45, 2.75) is 37.5 Å². The molecule has 0 unspecified atom stereocenters. The van der Waals surface area contributed by atoms with Gasteiger partial charge >= 0.3 is 0 Å². The first-order chi connectivity index (χ1) is 8.92. The van der Waals surface area contributed by atoms with E-state index in [1.165, 1.54) is 36.8 Å². The maximum Gasteiger partial charge on any atom is 0.177 e. The second-order valence-electron chi connectivity index (χ2n) is 5.52. The van der Waals surface area contributed by atoms with Crippen LogP contribution in [0.15, 0.2) is 12.3 Å². The van der Waals surface area contributed by atoms with Gasteiger partial charge in [0.2, 0.25) is 0 Å². The van der Waals surface area contributed by atoms with Crippen molar-refractivity contribution in [1.82, 2.24) is 20.3 Å². The fraction of sp³-hybridized carbons (Fsp3) is 0.571. The number of pyridine rings is 1. The van der Waals surface area contributed by atoms with Crippen molar-refractivity contribution < 1.29 is 0 Å². The van der Waals surface area contributed by atoms with Gasteiger partial charge in [-0.2, -0.15) is 0 Å². The first-order valence-electron chi connectivity index (χ1n) is 6.97. The summed E-state index contributed by atoms with van der Waals surface area (Å²) in [5.74, 6) is 2.48. The van der Waals surface area contributed by atoms with Gasteiger partial charge in [-0.05, 0) is 56.3 Å². The number of nitrogens with zero attached hydrogens (tertiary/aromatic N) is 2. The summed E-state index contributed by atoms with van der Waals surface area (Å²) in [6.45, 7) is 2.25. The van der Waals surface area contributed by atoms with Crippen LogP contribution in [0, 0.1) is 0 Å². The molecule has 2 N–H and O–H groups in total. The number of imidazole rings is 1. The lowest BCUT2D eigenvalue weighted by Crippen LogP contribution is -2.26. The Balaban J connectivity index is 1.78. The standard InChI is InChI=1S/C14H18N4/c1-2-10(1)13-17-12-11(5-8-16-14(12)18-13)9-3-6-15-7-4-9/h5,8-10,15H,1-4,6-7H2,(H,16,17,18). The van der Waals surface area contributed by atoms with E-state index < -0.39 is 0 Å². The SMILES string of the molecule is c1cc(C2CCNCC2)c2[nH]c(C3CC3)nc2n1. The first-order valence-corrected chi connectivity index (χ1v) is 6.97. The molecule has 3 heterocycles. The molecule has 94 valence electrons. The third kappa shape index (κ3) is 1.72. The molecule has 4 nitrogen and oxygen atoms in total. The molecule has 2 aliphatic rings. The van der Waals surface area contributed by atoms with Crippen LogP contribution in [-0.2, 0) is 0 Å². The van der Waals surface area contributed by atoms with E-state index in [-0.39, 0.29) is 0 Å². The number of H-pyrrole nitrogens is 1. The second-order valence-corrected chi connectivity index (χ2v) is 5.52. The van der Waals surface area contributed by atoms with Crippen molar-refractivity contribution in [2.75, 3.05) is 13.1 Å². The van der Waals surface area contributed by atoms with Gasteiger partial charge in [-0.3, -0.25) is 0 Å². The largest absolute Gasteiger partial charge is 0.340 e. The van der Waals surface area contributed by atoms with Crippen LogP contribution in [0.2, 0.25) is 0 Å². The van der Waals surface area contributed by atoms with Gasteiger partial charge in [0.15, 0.2) is 5.65 Å². The smallest absolute Gasteiger partial charge is 0.177 e. The Morgan fingerprint density at radius 2 is 1.89 bits per heavy atom. The zero-order valence-electron chi connectivity index (χ0n) is 10.4. The molecule has 4 rings (SSSR count). The number of fused-ring (bicyclic) bond motifs is 1. The summed E-state index contributed by atoms with van der Waals surface area (Å²) in [5.41, 5.74) is 3.51. The number of piperidine rings is 1. The Kier molecular flexibility index (Phi) is 2.36. The molecular formula is C14H18N4. The maximum absolute atomic E-state index is 4.65. The summed E-state index contributed by atoms with van der Waals surface area (Å²) in [4.78, 5) is 12.6. The van der Waals surface area contributed by atoms with Crippen LogP contribution in [0.1, 0.15) is 48.9 Å². The van der Waals surface area contributed by atoms with E-state index in [2.05, 4.69) is 26.3 Å². The molecule has 0 spiro atoms. The van der Waals surface area contributed by atoms with E-state index in [1.54, 1.807) is 0 Å². The fourth-order valence-electron chi connectivity index (χ4n) is 2.97. The van der Waals surface area contributed by atoms with Crippen LogP contribution in [0.4, 0.5) is 0 Å². The minimum atomic E-state index is 0.657. The van der Waals surface area contributed by atoms with Crippen LogP contribution in [-0.4, -0.2) is 28.0 Å². The Hall–Kier alpha value is -1.42. The van der Waals surface area contributed by atoms with E-state index in [0.29, 0.717) is 11.8 Å². The molecule has 1 saturated heterocycles. The highest BCUT2D eigenvalue weighted by molar-refractivity contribution is 5.75. The molecule has 1 saturated carbocycles. The van der Waals surface area contributed by atoms with Crippen LogP contribution in [0.3, 0.4) is 0 Å². The van der Waals surface area contributed by atoms with Crippen molar-refractivity contribution in [3.8, 4) is 0 Å². The highest BCUT2D eigenvalue weighted by Crippen LogP contribution is 2.39. The normalized spacial score (nSPS) is 21.6. The first kappa shape index (κ1) is 10.5. The number of aromatic nitrogens is 3. The summed E-state index contributed by atoms with van der Waals surface area (Å²) >= 11 is 0. The Morgan fingerprint density at radius 1 is 1.06 bits per heavy atom. The van der Waals surface area contributed by atoms with Gasteiger partial charge in [-0.1, -0.05) is 0 Å². The lowest BCUT2D eigenvalue weighted by atomic mass is 9.90. The predicted octanol–water partition coefficient (Wildman–Crippen LogP) is 2.30. The molecule has 4 heteroatoms. The van der Waals surface area contributed by atoms with Crippen molar-refractivity contribution in [2.24, 2.45) is 0 Å². The zero-order valence-corrected chi connectivity index (χ0v) is 10.4. The lowest BCUT2D eigenvalue weighted by Gasteiger charge is -2.23. The van der Waals surface area contributed by atoms with E-state index in [0.717, 1.165) is 24.6 Å². The van der Waals surface area contributed by atoms with Gasteiger partial charge in [0.1, 0.15) is 5.82 Å². The summed E-state index contributed by atoms with van der Waals surface area (Å²) in [6, 6.07) is 2.17. The molecule has 2 aromatic rings. The van der Waals surface area contributed by atoms with Crippen molar-refractivity contribution >= 4 is 11.2 Å². The molecule has 0 bridgehead atoms. The predicted molar refractivity (Wildman–Crippen MR) is 70.7 cm³/mol. The minimum absolute atomic E-state index is 0.657. The Morgan fingerprint density at radius 3 is 2.67 bits per heavy atom. The van der Waals surface area contributed by atoms with Crippen LogP contribution in [0.25, 0.3) is 11.2 Å². The molecule has 0 aromatic carbocycles. The number of rotatable bonds is 2. The Bertz CT molecular complexity index is 564. The highest BCUT2D eigenvalue weighted by atomic mass is 15.0. The molecule has 1 aliphatic carbocycles. The third-order valence-electron chi connectivity index (χ3n) is 4.19. The van der Waals surface area contributed by atoms with Crippen LogP contribution >= 0.6 is 0 Å². The van der Waals surface area contributed by atoms with E-state index >= 15 is 0 Å². The molecule has 1 aliphatic heterocycles. The van der Waals surface area contributed by atoms with Crippen molar-refractivity contribution in [3.63, 3.8) is 0 Å². The van der Waals surface area contributed by atoms with E-state index in [4.69, 9.17) is 0 Å². The molecule has 0 radical (unpaired) electrons.